The van der Waals surface area contributed by atoms with Gasteiger partial charge in [0.1, 0.15) is 11.5 Å². The van der Waals surface area contributed by atoms with E-state index in [4.69, 9.17) is 4.74 Å². The first-order chi connectivity index (χ1) is 8.56. The monoisotopic (exact) mass is 371 g/mol. The fourth-order valence-corrected chi connectivity index (χ4v) is 2.17. The summed E-state index contributed by atoms with van der Waals surface area (Å²) in [5.74, 6) is 1.18. The summed E-state index contributed by atoms with van der Waals surface area (Å²) < 4.78 is 7.06. The van der Waals surface area contributed by atoms with Crippen LogP contribution in [-0.2, 0) is 0 Å². The topological polar surface area (TPSA) is 52.4 Å². The van der Waals surface area contributed by atoms with Crippen molar-refractivity contribution < 1.29 is 9.66 Å². The molecule has 2 aromatic rings. The normalized spacial score (nSPS) is 10.1. The summed E-state index contributed by atoms with van der Waals surface area (Å²) in [4.78, 5) is 10.2. The molecule has 0 fully saturated rings. The van der Waals surface area contributed by atoms with Crippen molar-refractivity contribution >= 4 is 37.5 Å². The van der Waals surface area contributed by atoms with Crippen molar-refractivity contribution in [2.24, 2.45) is 0 Å². The van der Waals surface area contributed by atoms with Crippen LogP contribution < -0.4 is 4.74 Å². The largest absolute Gasteiger partial charge is 0.456 e. The van der Waals surface area contributed by atoms with Crippen LogP contribution in [0.2, 0.25) is 0 Å². The minimum atomic E-state index is -0.451. The van der Waals surface area contributed by atoms with Gasteiger partial charge in [-0.25, -0.2) is 0 Å². The molecule has 92 valence electrons. The zero-order chi connectivity index (χ0) is 13.1. The van der Waals surface area contributed by atoms with E-state index in [2.05, 4.69) is 31.9 Å². The molecular formula is C12H7Br2NO3. The molecule has 0 N–H and O–H groups in total. The lowest BCUT2D eigenvalue weighted by molar-refractivity contribution is -0.384. The van der Waals surface area contributed by atoms with Crippen molar-refractivity contribution in [1.82, 2.24) is 0 Å². The number of ether oxygens (including phenoxy) is 1. The first kappa shape index (κ1) is 13.0. The quantitative estimate of drug-likeness (QED) is 0.568. The molecule has 0 atom stereocenters. The highest BCUT2D eigenvalue weighted by atomic mass is 79.9. The van der Waals surface area contributed by atoms with Crippen LogP contribution in [0.4, 0.5) is 5.69 Å². The van der Waals surface area contributed by atoms with Crippen LogP contribution in [0, 0.1) is 10.1 Å². The van der Waals surface area contributed by atoms with Gasteiger partial charge in [-0.15, -0.1) is 0 Å². The summed E-state index contributed by atoms with van der Waals surface area (Å²) in [5.41, 5.74) is 0.0171. The Hall–Kier alpha value is -1.40. The maximum Gasteiger partial charge on any atom is 0.270 e. The predicted octanol–water partition coefficient (Wildman–Crippen LogP) is 4.91. The maximum absolute atomic E-state index is 10.6. The van der Waals surface area contributed by atoms with E-state index in [1.165, 1.54) is 12.1 Å². The summed E-state index contributed by atoms with van der Waals surface area (Å²) in [5, 5.41) is 10.6. The van der Waals surface area contributed by atoms with Gasteiger partial charge in [-0.1, -0.05) is 22.0 Å². The molecule has 2 aromatic carbocycles. The molecule has 6 heteroatoms. The maximum atomic E-state index is 10.6. The molecule has 4 nitrogen and oxygen atoms in total. The van der Waals surface area contributed by atoms with Crippen LogP contribution in [0.1, 0.15) is 0 Å². The highest BCUT2D eigenvalue weighted by Gasteiger charge is 2.10. The molecule has 0 aliphatic rings. The lowest BCUT2D eigenvalue weighted by atomic mass is 10.3. The van der Waals surface area contributed by atoms with E-state index in [9.17, 15) is 10.1 Å². The molecule has 0 spiro atoms. The Bertz CT molecular complexity index is 602. The van der Waals surface area contributed by atoms with Gasteiger partial charge in [0.2, 0.25) is 0 Å². The van der Waals surface area contributed by atoms with Crippen molar-refractivity contribution in [3.8, 4) is 11.5 Å². The van der Waals surface area contributed by atoms with Crippen LogP contribution in [0.15, 0.2) is 51.4 Å². The number of hydrogen-bond acceptors (Lipinski definition) is 3. The number of benzene rings is 2. The van der Waals surface area contributed by atoms with Gasteiger partial charge in [0.15, 0.2) is 0 Å². The summed E-state index contributed by atoms with van der Waals surface area (Å²) in [6, 6.07) is 11.7. The van der Waals surface area contributed by atoms with Crippen molar-refractivity contribution in [3.05, 3.63) is 61.5 Å². The molecule has 0 saturated carbocycles. The zero-order valence-electron chi connectivity index (χ0n) is 8.97. The molecular weight excluding hydrogens is 366 g/mol. The van der Waals surface area contributed by atoms with Crippen LogP contribution in [-0.4, -0.2) is 4.92 Å². The first-order valence-corrected chi connectivity index (χ1v) is 6.52. The Balaban J connectivity index is 2.27. The smallest absolute Gasteiger partial charge is 0.270 e. The Kier molecular flexibility index (Phi) is 3.98. The molecule has 0 aliphatic carbocycles. The van der Waals surface area contributed by atoms with E-state index < -0.39 is 4.92 Å². The number of non-ortho nitro benzene ring substituents is 1. The molecule has 0 amide bonds. The summed E-state index contributed by atoms with van der Waals surface area (Å²) in [6.07, 6.45) is 0. The van der Waals surface area contributed by atoms with Gasteiger partial charge in [-0.2, -0.15) is 0 Å². The second-order valence-corrected chi connectivity index (χ2v) is 5.20. The molecule has 0 saturated heterocycles. The number of halogens is 2. The third-order valence-electron chi connectivity index (χ3n) is 2.15. The van der Waals surface area contributed by atoms with E-state index in [0.717, 1.165) is 4.47 Å². The van der Waals surface area contributed by atoms with E-state index in [0.29, 0.717) is 16.0 Å². The molecule has 0 heterocycles. The van der Waals surface area contributed by atoms with Crippen LogP contribution >= 0.6 is 31.9 Å². The third-order valence-corrected chi connectivity index (χ3v) is 3.26. The average Bonchev–Trinajstić information content (AvgIpc) is 2.31. The minimum Gasteiger partial charge on any atom is -0.456 e. The van der Waals surface area contributed by atoms with Gasteiger partial charge >= 0.3 is 0 Å². The summed E-state index contributed by atoms with van der Waals surface area (Å²) in [6.45, 7) is 0. The van der Waals surface area contributed by atoms with Gasteiger partial charge in [-0.05, 0) is 40.2 Å². The molecule has 0 aromatic heterocycles. The number of nitrogens with zero attached hydrogens (tertiary/aromatic N) is 1. The van der Waals surface area contributed by atoms with Gasteiger partial charge in [-0.3, -0.25) is 10.1 Å². The third kappa shape index (κ3) is 3.08. The Morgan fingerprint density at radius 2 is 1.89 bits per heavy atom. The number of nitro benzene ring substituents is 1. The highest BCUT2D eigenvalue weighted by molar-refractivity contribution is 9.10. The standard InChI is InChI=1S/C12H7Br2NO3/c13-8-2-1-3-10(6-8)18-12-5-4-9(15(16)17)7-11(12)14/h1-7H. The SMILES string of the molecule is O=[N+]([O-])c1ccc(Oc2cccc(Br)c2)c(Br)c1. The van der Waals surface area contributed by atoms with Gasteiger partial charge in [0, 0.05) is 16.6 Å². The number of rotatable bonds is 3. The second kappa shape index (κ2) is 5.49. The van der Waals surface area contributed by atoms with Crippen molar-refractivity contribution in [2.45, 2.75) is 0 Å². The molecule has 0 aliphatic heterocycles. The lowest BCUT2D eigenvalue weighted by Gasteiger charge is -2.07. The Morgan fingerprint density at radius 1 is 1.11 bits per heavy atom. The lowest BCUT2D eigenvalue weighted by Crippen LogP contribution is -1.90. The second-order valence-electron chi connectivity index (χ2n) is 3.43. The molecule has 0 radical (unpaired) electrons. The predicted molar refractivity (Wildman–Crippen MR) is 75.0 cm³/mol. The Labute approximate surface area is 120 Å². The van der Waals surface area contributed by atoms with E-state index in [1.54, 1.807) is 12.1 Å². The van der Waals surface area contributed by atoms with Crippen molar-refractivity contribution in [2.75, 3.05) is 0 Å². The van der Waals surface area contributed by atoms with E-state index in [1.807, 2.05) is 18.2 Å². The molecule has 0 bridgehead atoms. The first-order valence-electron chi connectivity index (χ1n) is 4.93. The highest BCUT2D eigenvalue weighted by Crippen LogP contribution is 2.33. The average molecular weight is 373 g/mol. The van der Waals surface area contributed by atoms with Crippen LogP contribution in [0.25, 0.3) is 0 Å². The van der Waals surface area contributed by atoms with Crippen LogP contribution in [0.5, 0.6) is 11.5 Å². The van der Waals surface area contributed by atoms with Gasteiger partial charge in [0.25, 0.3) is 5.69 Å². The zero-order valence-corrected chi connectivity index (χ0v) is 12.1. The van der Waals surface area contributed by atoms with Gasteiger partial charge < -0.3 is 4.74 Å². The molecule has 18 heavy (non-hydrogen) atoms. The van der Waals surface area contributed by atoms with Crippen molar-refractivity contribution in [1.29, 1.82) is 0 Å². The van der Waals surface area contributed by atoms with Crippen LogP contribution in [0.3, 0.4) is 0 Å². The van der Waals surface area contributed by atoms with Gasteiger partial charge in [0.05, 0.1) is 9.40 Å². The number of nitro groups is 1. The van der Waals surface area contributed by atoms with Crippen molar-refractivity contribution in [3.63, 3.8) is 0 Å². The fraction of sp³-hybridized carbons (Fsp3) is 0. The van der Waals surface area contributed by atoms with E-state index >= 15 is 0 Å². The van der Waals surface area contributed by atoms with E-state index in [-0.39, 0.29) is 5.69 Å². The number of hydrogen-bond donors (Lipinski definition) is 0. The summed E-state index contributed by atoms with van der Waals surface area (Å²) >= 11 is 6.59. The molecule has 0 unspecified atom stereocenters. The fourth-order valence-electron chi connectivity index (χ4n) is 1.34. The Morgan fingerprint density at radius 3 is 2.50 bits per heavy atom. The molecule has 2 rings (SSSR count). The summed E-state index contributed by atoms with van der Waals surface area (Å²) in [7, 11) is 0. The minimum absolute atomic E-state index is 0.0171.